The third-order valence-electron chi connectivity index (χ3n) is 2.79. The number of hydrogen-bond acceptors (Lipinski definition) is 4. The number of aryl methyl sites for hydroxylation is 2. The van der Waals surface area contributed by atoms with Crippen LogP contribution in [0.15, 0.2) is 0 Å². The molecule has 1 aromatic rings. The monoisotopic (exact) mass is 262 g/mol. The van der Waals surface area contributed by atoms with Crippen molar-refractivity contribution in [2.24, 2.45) is 0 Å². The van der Waals surface area contributed by atoms with E-state index in [-0.39, 0.29) is 17.9 Å². The number of ether oxygens (including phenoxy) is 1. The zero-order valence-corrected chi connectivity index (χ0v) is 11.2. The Morgan fingerprint density at radius 3 is 1.94 bits per heavy atom. The van der Waals surface area contributed by atoms with Crippen LogP contribution in [-0.2, 0) is 4.74 Å². The van der Waals surface area contributed by atoms with Crippen molar-refractivity contribution in [2.75, 3.05) is 33.4 Å². The highest BCUT2D eigenvalue weighted by Crippen LogP contribution is 2.17. The first-order valence-electron chi connectivity index (χ1n) is 5.22. The molecule has 1 aliphatic heterocycles. The van der Waals surface area contributed by atoms with Gasteiger partial charge in [0.2, 0.25) is 0 Å². The summed E-state index contributed by atoms with van der Waals surface area (Å²) in [5.41, 5.74) is 0. The van der Waals surface area contributed by atoms with Crippen LogP contribution >= 0.6 is 0 Å². The van der Waals surface area contributed by atoms with Crippen LogP contribution in [0.3, 0.4) is 0 Å². The van der Waals surface area contributed by atoms with E-state index in [1.807, 2.05) is 13.8 Å². The fraction of sp³-hybridized carbons (Fsp3) is 0.700. The second kappa shape index (κ2) is 6.20. The molecule has 0 atom stereocenters. The molecule has 1 aliphatic rings. The minimum Gasteiger partial charge on any atom is -1.00 e. The van der Waals surface area contributed by atoms with Gasteiger partial charge in [-0.3, -0.25) is 4.48 Å². The van der Waals surface area contributed by atoms with E-state index in [4.69, 9.17) is 4.74 Å². The molecule has 0 amide bonds. The predicted octanol–water partition coefficient (Wildman–Crippen LogP) is -3.36. The van der Waals surface area contributed by atoms with Gasteiger partial charge in [-0.05, 0) is 13.8 Å². The summed E-state index contributed by atoms with van der Waals surface area (Å²) in [5.74, 6) is 2.45. The third-order valence-corrected chi connectivity index (χ3v) is 2.79. The van der Waals surface area contributed by atoms with Gasteiger partial charge in [-0.2, -0.15) is 9.97 Å². The molecule has 2 N–H and O–H groups in total. The van der Waals surface area contributed by atoms with Crippen molar-refractivity contribution in [1.82, 2.24) is 19.4 Å². The van der Waals surface area contributed by atoms with Crippen molar-refractivity contribution in [1.29, 1.82) is 0 Å². The molecule has 1 fully saturated rings. The molecule has 0 spiro atoms. The smallest absolute Gasteiger partial charge is 0.332 e. The second-order valence-electron chi connectivity index (χ2n) is 4.19. The summed E-state index contributed by atoms with van der Waals surface area (Å²) in [6.07, 6.45) is 0. The molecule has 2 heterocycles. The lowest BCUT2D eigenvalue weighted by Gasteiger charge is -2.34. The summed E-state index contributed by atoms with van der Waals surface area (Å²) in [5, 5.41) is 0. The Balaban J connectivity index is 0.00000128. The molecule has 98 valence electrons. The van der Waals surface area contributed by atoms with E-state index in [1.54, 1.807) is 0 Å². The van der Waals surface area contributed by atoms with Gasteiger partial charge in [0.25, 0.3) is 0 Å². The Labute approximate surface area is 107 Å². The van der Waals surface area contributed by atoms with Crippen LogP contribution in [0.25, 0.3) is 0 Å². The lowest BCUT2D eigenvalue weighted by molar-refractivity contribution is -0.00000673. The lowest BCUT2D eigenvalue weighted by atomic mass is 10.3. The van der Waals surface area contributed by atoms with Crippen LogP contribution in [0.1, 0.15) is 11.6 Å². The van der Waals surface area contributed by atoms with Gasteiger partial charge < -0.3 is 22.6 Å². The van der Waals surface area contributed by atoms with Gasteiger partial charge in [-0.1, -0.05) is 0 Å². The summed E-state index contributed by atoms with van der Waals surface area (Å²) < 4.78 is 6.11. The van der Waals surface area contributed by atoms with Gasteiger partial charge in [-0.25, -0.2) is 4.98 Å². The molecule has 0 aliphatic carbocycles. The normalized spacial score (nSPS) is 17.8. The molecule has 0 radical (unpaired) electrons. The SMILES string of the molecule is Cc1nc(C)nc([N+]2(C)CCOCC2)n1.O.[Cl-]. The maximum atomic E-state index is 5.36. The van der Waals surface area contributed by atoms with Crippen LogP contribution in [-0.4, -0.2) is 53.8 Å². The highest BCUT2D eigenvalue weighted by molar-refractivity contribution is 5.24. The van der Waals surface area contributed by atoms with Crippen LogP contribution in [0.2, 0.25) is 0 Å². The van der Waals surface area contributed by atoms with Gasteiger partial charge in [0.1, 0.15) is 24.7 Å². The number of rotatable bonds is 1. The number of aromatic nitrogens is 3. The van der Waals surface area contributed by atoms with Crippen LogP contribution in [0.5, 0.6) is 0 Å². The van der Waals surface area contributed by atoms with Gasteiger partial charge in [-0.15, -0.1) is 0 Å². The molecule has 7 heteroatoms. The summed E-state index contributed by atoms with van der Waals surface area (Å²) in [6, 6.07) is 0. The van der Waals surface area contributed by atoms with Gasteiger partial charge in [0.05, 0.1) is 20.3 Å². The molecule has 0 aromatic carbocycles. The lowest BCUT2D eigenvalue weighted by Crippen LogP contribution is -3.00. The third kappa shape index (κ3) is 3.57. The Bertz CT molecular complexity index is 349. The average Bonchev–Trinajstić information content (AvgIpc) is 2.17. The molecule has 17 heavy (non-hydrogen) atoms. The Hall–Kier alpha value is -0.820. The molecule has 1 aromatic heterocycles. The number of halogens is 1. The fourth-order valence-electron chi connectivity index (χ4n) is 1.79. The van der Waals surface area contributed by atoms with Gasteiger partial charge in [0, 0.05) is 0 Å². The highest BCUT2D eigenvalue weighted by Gasteiger charge is 2.31. The maximum absolute atomic E-state index is 5.36. The maximum Gasteiger partial charge on any atom is 0.332 e. The Morgan fingerprint density at radius 1 is 1.00 bits per heavy atom. The first-order valence-corrected chi connectivity index (χ1v) is 5.22. The van der Waals surface area contributed by atoms with Crippen molar-refractivity contribution >= 4 is 5.95 Å². The van der Waals surface area contributed by atoms with Crippen molar-refractivity contribution in [2.45, 2.75) is 13.8 Å². The minimum atomic E-state index is 0. The summed E-state index contributed by atoms with van der Waals surface area (Å²) >= 11 is 0. The fourth-order valence-corrected chi connectivity index (χ4v) is 1.79. The molecule has 2 rings (SSSR count). The number of hydrogen-bond donors (Lipinski definition) is 0. The van der Waals surface area contributed by atoms with Crippen LogP contribution in [0, 0.1) is 13.8 Å². The zero-order chi connectivity index (χ0) is 10.9. The first kappa shape index (κ1) is 16.2. The highest BCUT2D eigenvalue weighted by atomic mass is 35.5. The molecule has 0 unspecified atom stereocenters. The second-order valence-corrected chi connectivity index (χ2v) is 4.19. The van der Waals surface area contributed by atoms with E-state index in [0.29, 0.717) is 0 Å². The quantitative estimate of drug-likeness (QED) is 0.495. The molecule has 0 saturated carbocycles. The van der Waals surface area contributed by atoms with Gasteiger partial charge in [0.15, 0.2) is 0 Å². The summed E-state index contributed by atoms with van der Waals surface area (Å²) in [4.78, 5) is 13.0. The van der Waals surface area contributed by atoms with E-state index in [2.05, 4.69) is 22.0 Å². The first-order chi connectivity index (χ1) is 7.10. The van der Waals surface area contributed by atoms with Crippen LogP contribution in [0.4, 0.5) is 5.95 Å². The topological polar surface area (TPSA) is 79.4 Å². The number of morpholine rings is 1. The molecule has 0 bridgehead atoms. The molecular formula is C10H19ClN4O2. The minimum absolute atomic E-state index is 0. The van der Waals surface area contributed by atoms with Gasteiger partial charge >= 0.3 is 5.95 Å². The molecule has 1 saturated heterocycles. The summed E-state index contributed by atoms with van der Waals surface area (Å²) in [7, 11) is 2.15. The standard InChI is InChI=1S/C10H17N4O.ClH.H2O/c1-8-11-9(2)13-10(12-8)14(3)4-6-15-7-5-14;;/h4-7H2,1-3H3;1H;1H2/q+1;;/p-1. The Morgan fingerprint density at radius 2 is 1.47 bits per heavy atom. The van der Waals surface area contributed by atoms with E-state index in [9.17, 15) is 0 Å². The number of likely N-dealkylation sites (N-methyl/N-ethyl adjacent to an activating group) is 1. The van der Waals surface area contributed by atoms with Crippen LogP contribution < -0.4 is 16.9 Å². The van der Waals surface area contributed by atoms with Crippen molar-refractivity contribution in [3.63, 3.8) is 0 Å². The average molecular weight is 263 g/mol. The Kier molecular flexibility index (Phi) is 5.91. The van der Waals surface area contributed by atoms with E-state index >= 15 is 0 Å². The number of nitrogens with zero attached hydrogens (tertiary/aromatic N) is 4. The summed E-state index contributed by atoms with van der Waals surface area (Å²) in [6.45, 7) is 7.24. The molecular weight excluding hydrogens is 244 g/mol. The van der Waals surface area contributed by atoms with Crippen molar-refractivity contribution < 1.29 is 22.6 Å². The number of quaternary nitrogens is 1. The van der Waals surface area contributed by atoms with E-state index in [1.165, 1.54) is 0 Å². The van der Waals surface area contributed by atoms with Crippen molar-refractivity contribution in [3.8, 4) is 0 Å². The largest absolute Gasteiger partial charge is 1.00 e. The van der Waals surface area contributed by atoms with Crippen molar-refractivity contribution in [3.05, 3.63) is 11.6 Å². The van der Waals surface area contributed by atoms with E-state index < -0.39 is 0 Å². The molecule has 6 nitrogen and oxygen atoms in total. The zero-order valence-electron chi connectivity index (χ0n) is 10.4. The van der Waals surface area contributed by atoms with E-state index in [0.717, 1.165) is 48.4 Å². The predicted molar refractivity (Wildman–Crippen MR) is 61.2 cm³/mol.